The Hall–Kier alpha value is 0.583. The fourth-order valence-corrected chi connectivity index (χ4v) is 0.736. The molecule has 2 heteroatoms. The Bertz CT molecular complexity index is 23.6. The Labute approximate surface area is 57.6 Å². The molecule has 0 aromatic rings. The first-order valence-corrected chi connectivity index (χ1v) is 2.63. The zero-order valence-corrected chi connectivity index (χ0v) is 5.95. The third kappa shape index (κ3) is 3.19. The molecule has 0 spiro atoms. The van der Waals surface area contributed by atoms with E-state index in [0.29, 0.717) is 0 Å². The van der Waals surface area contributed by atoms with E-state index in [-0.39, 0.29) is 19.5 Å². The van der Waals surface area contributed by atoms with Crippen molar-refractivity contribution in [1.82, 2.24) is 0 Å². The molecular formula is C5H10NRh-. The normalized spacial score (nSPS) is 20.6. The van der Waals surface area contributed by atoms with E-state index in [9.17, 15) is 0 Å². The van der Waals surface area contributed by atoms with E-state index in [4.69, 9.17) is 0 Å². The van der Waals surface area contributed by atoms with Gasteiger partial charge in [0.1, 0.15) is 0 Å². The molecule has 1 fully saturated rings. The van der Waals surface area contributed by atoms with Crippen LogP contribution in [0.3, 0.4) is 0 Å². The van der Waals surface area contributed by atoms with E-state index in [1.807, 2.05) is 0 Å². The molecule has 0 saturated carbocycles. The molecule has 0 N–H and O–H groups in total. The monoisotopic (exact) mass is 187 g/mol. The quantitative estimate of drug-likeness (QED) is 0.510. The molecule has 1 heterocycles. The van der Waals surface area contributed by atoms with Crippen LogP contribution in [0, 0.1) is 0 Å². The van der Waals surface area contributed by atoms with Gasteiger partial charge in [-0.3, -0.25) is 0 Å². The standard InChI is InChI=1S/C5H10N.Rh/c1-2-4-6-5-3-1;/h1-5H2;/q-1;. The second-order valence-electron chi connectivity index (χ2n) is 1.73. The van der Waals surface area contributed by atoms with Gasteiger partial charge in [-0.2, -0.15) is 0 Å². The maximum atomic E-state index is 4.18. The van der Waals surface area contributed by atoms with Crippen LogP contribution in [0.15, 0.2) is 0 Å². The van der Waals surface area contributed by atoms with Gasteiger partial charge in [0, 0.05) is 19.5 Å². The molecule has 0 bridgehead atoms. The smallest absolute Gasteiger partial charge is 0 e. The average Bonchev–Trinajstić information content (AvgIpc) is 1.72. The third-order valence-corrected chi connectivity index (χ3v) is 1.13. The Morgan fingerprint density at radius 3 is 1.57 bits per heavy atom. The van der Waals surface area contributed by atoms with Crippen LogP contribution < -0.4 is 0 Å². The molecule has 0 atom stereocenters. The van der Waals surface area contributed by atoms with Gasteiger partial charge in [-0.25, -0.2) is 0 Å². The summed E-state index contributed by atoms with van der Waals surface area (Å²) in [6.45, 7) is 2.25. The van der Waals surface area contributed by atoms with Crippen molar-refractivity contribution in [2.75, 3.05) is 13.1 Å². The van der Waals surface area contributed by atoms with E-state index >= 15 is 0 Å². The topological polar surface area (TPSA) is 14.1 Å². The zero-order chi connectivity index (χ0) is 4.24. The summed E-state index contributed by atoms with van der Waals surface area (Å²) >= 11 is 0. The molecule has 0 unspecified atom stereocenters. The summed E-state index contributed by atoms with van der Waals surface area (Å²) in [7, 11) is 0. The van der Waals surface area contributed by atoms with Crippen molar-refractivity contribution in [3.8, 4) is 0 Å². The van der Waals surface area contributed by atoms with Crippen molar-refractivity contribution >= 4 is 0 Å². The largest absolute Gasteiger partial charge is 0.662 e. The summed E-state index contributed by atoms with van der Waals surface area (Å²) in [6, 6.07) is 0. The van der Waals surface area contributed by atoms with E-state index in [1.54, 1.807) is 0 Å². The van der Waals surface area contributed by atoms with E-state index in [2.05, 4.69) is 5.32 Å². The van der Waals surface area contributed by atoms with Crippen LogP contribution >= 0.6 is 0 Å². The first kappa shape index (κ1) is 7.58. The fraction of sp³-hybridized carbons (Fsp3) is 1.00. The summed E-state index contributed by atoms with van der Waals surface area (Å²) in [4.78, 5) is 0. The molecule has 0 aliphatic carbocycles. The van der Waals surface area contributed by atoms with Gasteiger partial charge in [0.05, 0.1) is 0 Å². The van der Waals surface area contributed by atoms with Crippen molar-refractivity contribution in [2.24, 2.45) is 0 Å². The summed E-state index contributed by atoms with van der Waals surface area (Å²) in [5, 5.41) is 4.18. The minimum atomic E-state index is 0. The Kier molecular flexibility index (Phi) is 5.13. The Balaban J connectivity index is 0.000000360. The van der Waals surface area contributed by atoms with Crippen molar-refractivity contribution in [2.45, 2.75) is 19.3 Å². The summed E-state index contributed by atoms with van der Waals surface area (Å²) in [5.41, 5.74) is 0. The van der Waals surface area contributed by atoms with E-state index < -0.39 is 0 Å². The van der Waals surface area contributed by atoms with Crippen LogP contribution in [-0.4, -0.2) is 13.1 Å². The van der Waals surface area contributed by atoms with Gasteiger partial charge >= 0.3 is 0 Å². The third-order valence-electron chi connectivity index (χ3n) is 1.13. The van der Waals surface area contributed by atoms with Gasteiger partial charge < -0.3 is 5.32 Å². The molecule has 1 nitrogen and oxygen atoms in total. The van der Waals surface area contributed by atoms with Crippen LogP contribution in [0.4, 0.5) is 0 Å². The summed E-state index contributed by atoms with van der Waals surface area (Å²) in [6.07, 6.45) is 4.07. The second-order valence-corrected chi connectivity index (χ2v) is 1.73. The molecule has 1 saturated heterocycles. The number of hydrogen-bond acceptors (Lipinski definition) is 0. The fourth-order valence-electron chi connectivity index (χ4n) is 0.736. The average molecular weight is 187 g/mol. The molecular weight excluding hydrogens is 177 g/mol. The van der Waals surface area contributed by atoms with E-state index in [1.165, 1.54) is 19.3 Å². The predicted molar refractivity (Wildman–Crippen MR) is 26.9 cm³/mol. The van der Waals surface area contributed by atoms with Crippen LogP contribution in [0.1, 0.15) is 19.3 Å². The number of hydrogen-bond donors (Lipinski definition) is 0. The van der Waals surface area contributed by atoms with Gasteiger partial charge in [0.2, 0.25) is 0 Å². The number of piperidine rings is 1. The molecule has 0 aromatic heterocycles. The number of nitrogens with zero attached hydrogens (tertiary/aromatic N) is 1. The molecule has 1 radical (unpaired) electrons. The molecule has 1 aliphatic rings. The van der Waals surface area contributed by atoms with Crippen molar-refractivity contribution in [3.05, 3.63) is 5.32 Å². The first-order valence-electron chi connectivity index (χ1n) is 2.63. The van der Waals surface area contributed by atoms with Gasteiger partial charge in [-0.1, -0.05) is 19.3 Å². The van der Waals surface area contributed by atoms with Crippen LogP contribution in [-0.2, 0) is 19.5 Å². The summed E-state index contributed by atoms with van der Waals surface area (Å²) in [5.74, 6) is 0. The molecule has 0 aromatic carbocycles. The van der Waals surface area contributed by atoms with Gasteiger partial charge in [-0.05, 0) is 0 Å². The second kappa shape index (κ2) is 4.74. The van der Waals surface area contributed by atoms with Crippen molar-refractivity contribution < 1.29 is 19.5 Å². The Morgan fingerprint density at radius 1 is 0.857 bits per heavy atom. The van der Waals surface area contributed by atoms with Crippen molar-refractivity contribution in [1.29, 1.82) is 0 Å². The SMILES string of the molecule is C1CC[N-]CC1.[Rh]. The molecule has 0 amide bonds. The molecule has 7 heavy (non-hydrogen) atoms. The molecule has 1 rings (SSSR count). The minimum Gasteiger partial charge on any atom is -0.662 e. The van der Waals surface area contributed by atoms with Gasteiger partial charge in [-0.15, -0.1) is 13.1 Å². The van der Waals surface area contributed by atoms with Crippen LogP contribution in [0.2, 0.25) is 0 Å². The predicted octanol–water partition coefficient (Wildman–Crippen LogP) is 1.54. The van der Waals surface area contributed by atoms with Crippen LogP contribution in [0.25, 0.3) is 5.32 Å². The zero-order valence-electron chi connectivity index (χ0n) is 4.32. The maximum Gasteiger partial charge on any atom is 0 e. The first-order chi connectivity index (χ1) is 3.00. The van der Waals surface area contributed by atoms with Crippen LogP contribution in [0.5, 0.6) is 0 Å². The van der Waals surface area contributed by atoms with Gasteiger partial charge in [0.25, 0.3) is 0 Å². The summed E-state index contributed by atoms with van der Waals surface area (Å²) < 4.78 is 0. The minimum absolute atomic E-state index is 0. The van der Waals surface area contributed by atoms with Gasteiger partial charge in [0.15, 0.2) is 0 Å². The molecule has 45 valence electrons. The maximum absolute atomic E-state index is 4.18. The van der Waals surface area contributed by atoms with Crippen molar-refractivity contribution in [3.63, 3.8) is 0 Å². The van der Waals surface area contributed by atoms with E-state index in [0.717, 1.165) is 13.1 Å². The Morgan fingerprint density at radius 2 is 1.43 bits per heavy atom. The number of rotatable bonds is 0. The molecule has 1 aliphatic heterocycles.